The largest absolute Gasteiger partial charge is 0.452 e. The van der Waals surface area contributed by atoms with Gasteiger partial charge in [-0.3, -0.25) is 9.59 Å². The number of carbonyl (C=O) groups excluding carboxylic acids is 3. The van der Waals surface area contributed by atoms with Crippen LogP contribution in [0.25, 0.3) is 6.08 Å². The summed E-state index contributed by atoms with van der Waals surface area (Å²) in [6.07, 6.45) is 2.72. The molecule has 1 aromatic heterocycles. The van der Waals surface area contributed by atoms with Crippen LogP contribution >= 0.6 is 22.9 Å². The van der Waals surface area contributed by atoms with Gasteiger partial charge in [0.05, 0.1) is 5.56 Å². The molecule has 0 aliphatic heterocycles. The molecular formula is C16H13ClN2O4S. The van der Waals surface area contributed by atoms with E-state index in [1.807, 2.05) is 0 Å². The number of thiophene rings is 1. The van der Waals surface area contributed by atoms with Crippen molar-refractivity contribution in [2.24, 2.45) is 5.73 Å². The van der Waals surface area contributed by atoms with Gasteiger partial charge in [0, 0.05) is 11.1 Å². The van der Waals surface area contributed by atoms with E-state index in [1.165, 1.54) is 18.2 Å². The van der Waals surface area contributed by atoms with Gasteiger partial charge in [0.2, 0.25) is 0 Å². The molecule has 2 rings (SSSR count). The molecule has 1 aromatic carbocycles. The minimum atomic E-state index is -0.675. The average Bonchev–Trinajstić information content (AvgIpc) is 2.99. The SMILES string of the molecule is NC(=O)c1ccsc1NC(=O)COC(=O)/C=C/c1cccc(Cl)c1. The number of amides is 2. The van der Waals surface area contributed by atoms with Crippen molar-refractivity contribution in [2.45, 2.75) is 0 Å². The van der Waals surface area contributed by atoms with Crippen molar-refractivity contribution >= 4 is 51.8 Å². The Morgan fingerprint density at radius 1 is 1.29 bits per heavy atom. The highest BCUT2D eigenvalue weighted by atomic mass is 35.5. The normalized spacial score (nSPS) is 10.5. The molecular weight excluding hydrogens is 352 g/mol. The fraction of sp³-hybridized carbons (Fsp3) is 0.0625. The van der Waals surface area contributed by atoms with Crippen molar-refractivity contribution in [3.8, 4) is 0 Å². The molecule has 24 heavy (non-hydrogen) atoms. The molecule has 0 unspecified atom stereocenters. The minimum Gasteiger partial charge on any atom is -0.452 e. The molecule has 124 valence electrons. The standard InChI is InChI=1S/C16H13ClN2O4S/c17-11-3-1-2-10(8-11)4-5-14(21)23-9-13(20)19-16-12(15(18)22)6-7-24-16/h1-8H,9H2,(H2,18,22)(H,19,20)/b5-4+. The first kappa shape index (κ1) is 17.7. The lowest BCUT2D eigenvalue weighted by molar-refractivity contribution is -0.142. The van der Waals surface area contributed by atoms with Crippen LogP contribution in [0.2, 0.25) is 5.02 Å². The van der Waals surface area contributed by atoms with E-state index in [2.05, 4.69) is 5.32 Å². The molecule has 0 aliphatic carbocycles. The molecule has 2 aromatic rings. The van der Waals surface area contributed by atoms with Crippen molar-refractivity contribution in [1.82, 2.24) is 0 Å². The van der Waals surface area contributed by atoms with Gasteiger partial charge in [0.1, 0.15) is 5.00 Å². The number of primary amides is 1. The van der Waals surface area contributed by atoms with Crippen LogP contribution in [-0.4, -0.2) is 24.4 Å². The van der Waals surface area contributed by atoms with Crippen LogP contribution in [-0.2, 0) is 14.3 Å². The van der Waals surface area contributed by atoms with E-state index in [9.17, 15) is 14.4 Å². The highest BCUT2D eigenvalue weighted by Gasteiger charge is 2.13. The Hall–Kier alpha value is -2.64. The molecule has 0 saturated heterocycles. The lowest BCUT2D eigenvalue weighted by atomic mass is 10.2. The number of nitrogens with one attached hydrogen (secondary N) is 1. The van der Waals surface area contributed by atoms with E-state index in [0.29, 0.717) is 10.0 Å². The van der Waals surface area contributed by atoms with Crippen molar-refractivity contribution in [2.75, 3.05) is 11.9 Å². The van der Waals surface area contributed by atoms with E-state index >= 15 is 0 Å². The fourth-order valence-corrected chi connectivity index (χ4v) is 2.73. The Kier molecular flexibility index (Phi) is 6.11. The van der Waals surface area contributed by atoms with Gasteiger partial charge in [-0.1, -0.05) is 23.7 Å². The lowest BCUT2D eigenvalue weighted by Crippen LogP contribution is -2.21. The quantitative estimate of drug-likeness (QED) is 0.608. The molecule has 2 amide bonds. The molecule has 6 nitrogen and oxygen atoms in total. The van der Waals surface area contributed by atoms with Gasteiger partial charge in [-0.15, -0.1) is 11.3 Å². The van der Waals surface area contributed by atoms with Crippen LogP contribution in [0.4, 0.5) is 5.00 Å². The van der Waals surface area contributed by atoms with Gasteiger partial charge < -0.3 is 15.8 Å². The van der Waals surface area contributed by atoms with Gasteiger partial charge in [-0.25, -0.2) is 4.79 Å². The minimum absolute atomic E-state index is 0.209. The highest BCUT2D eigenvalue weighted by molar-refractivity contribution is 7.14. The third-order valence-electron chi connectivity index (χ3n) is 2.79. The van der Waals surface area contributed by atoms with Gasteiger partial charge >= 0.3 is 5.97 Å². The van der Waals surface area contributed by atoms with Crippen LogP contribution in [0.3, 0.4) is 0 Å². The molecule has 3 N–H and O–H groups in total. The lowest BCUT2D eigenvalue weighted by Gasteiger charge is -2.04. The smallest absolute Gasteiger partial charge is 0.331 e. The molecule has 8 heteroatoms. The maximum absolute atomic E-state index is 11.7. The molecule has 0 aliphatic rings. The monoisotopic (exact) mass is 364 g/mol. The Morgan fingerprint density at radius 3 is 2.79 bits per heavy atom. The first-order chi connectivity index (χ1) is 11.5. The average molecular weight is 365 g/mol. The summed E-state index contributed by atoms with van der Waals surface area (Å²) < 4.78 is 4.82. The van der Waals surface area contributed by atoms with Crippen molar-refractivity contribution < 1.29 is 19.1 Å². The first-order valence-electron chi connectivity index (χ1n) is 6.73. The van der Waals surface area contributed by atoms with Crippen molar-refractivity contribution in [1.29, 1.82) is 0 Å². The second kappa shape index (κ2) is 8.28. The summed E-state index contributed by atoms with van der Waals surface area (Å²) in [5.41, 5.74) is 6.11. The Bertz CT molecular complexity index is 801. The number of benzene rings is 1. The number of anilines is 1. The van der Waals surface area contributed by atoms with Crippen LogP contribution in [0.15, 0.2) is 41.8 Å². The predicted octanol–water partition coefficient (Wildman–Crippen LogP) is 2.70. The summed E-state index contributed by atoms with van der Waals surface area (Å²) in [4.78, 5) is 34.5. The molecule has 0 bridgehead atoms. The maximum Gasteiger partial charge on any atom is 0.331 e. The third kappa shape index (κ3) is 5.22. The summed E-state index contributed by atoms with van der Waals surface area (Å²) in [6, 6.07) is 8.41. The molecule has 0 spiro atoms. The number of halogens is 1. The Labute approximate surface area is 146 Å². The number of rotatable bonds is 6. The van der Waals surface area contributed by atoms with Gasteiger partial charge in [0.25, 0.3) is 11.8 Å². The number of esters is 1. The Balaban J connectivity index is 1.84. The van der Waals surface area contributed by atoms with Crippen molar-refractivity contribution in [3.05, 3.63) is 57.9 Å². The van der Waals surface area contributed by atoms with Gasteiger partial charge in [0.15, 0.2) is 6.61 Å². The van der Waals surface area contributed by atoms with Crippen LogP contribution < -0.4 is 11.1 Å². The number of ether oxygens (including phenoxy) is 1. The number of hydrogen-bond donors (Lipinski definition) is 2. The third-order valence-corrected chi connectivity index (χ3v) is 3.85. The summed E-state index contributed by atoms with van der Waals surface area (Å²) >= 11 is 6.98. The van der Waals surface area contributed by atoms with Crippen molar-refractivity contribution in [3.63, 3.8) is 0 Å². The van der Waals surface area contributed by atoms with Crippen LogP contribution in [0, 0.1) is 0 Å². The molecule has 1 heterocycles. The van der Waals surface area contributed by atoms with Gasteiger partial charge in [-0.2, -0.15) is 0 Å². The van der Waals surface area contributed by atoms with Crippen LogP contribution in [0.1, 0.15) is 15.9 Å². The van der Waals surface area contributed by atoms with E-state index in [1.54, 1.807) is 29.6 Å². The zero-order valence-electron chi connectivity index (χ0n) is 12.3. The molecule has 0 saturated carbocycles. The fourth-order valence-electron chi connectivity index (χ4n) is 1.72. The number of hydrogen-bond acceptors (Lipinski definition) is 5. The topological polar surface area (TPSA) is 98.5 Å². The zero-order valence-corrected chi connectivity index (χ0v) is 13.9. The van der Waals surface area contributed by atoms with Crippen LogP contribution in [0.5, 0.6) is 0 Å². The molecule has 0 radical (unpaired) electrons. The highest BCUT2D eigenvalue weighted by Crippen LogP contribution is 2.22. The first-order valence-corrected chi connectivity index (χ1v) is 7.99. The molecule has 0 atom stereocenters. The maximum atomic E-state index is 11.7. The second-order valence-electron chi connectivity index (χ2n) is 4.57. The van der Waals surface area contributed by atoms with E-state index < -0.39 is 24.4 Å². The Morgan fingerprint density at radius 2 is 2.08 bits per heavy atom. The number of carbonyl (C=O) groups is 3. The summed E-state index contributed by atoms with van der Waals surface area (Å²) in [7, 11) is 0. The summed E-state index contributed by atoms with van der Waals surface area (Å²) in [5.74, 6) is -1.89. The van der Waals surface area contributed by atoms with E-state index in [4.69, 9.17) is 22.1 Å². The molecule has 0 fully saturated rings. The van der Waals surface area contributed by atoms with Gasteiger partial charge in [-0.05, 0) is 35.2 Å². The predicted molar refractivity (Wildman–Crippen MR) is 92.9 cm³/mol. The summed E-state index contributed by atoms with van der Waals surface area (Å²) in [5, 5.41) is 4.95. The second-order valence-corrected chi connectivity index (χ2v) is 5.92. The summed E-state index contributed by atoms with van der Waals surface area (Å²) in [6.45, 7) is -0.477. The number of nitrogens with two attached hydrogens (primary N) is 1. The zero-order chi connectivity index (χ0) is 17.5. The van der Waals surface area contributed by atoms with E-state index in [0.717, 1.165) is 16.9 Å². The van der Waals surface area contributed by atoms with E-state index in [-0.39, 0.29) is 5.56 Å².